The standard InChI is InChI=1S/C13H22N2O2/c1-10-11(4-3-7-14)17-12(15-10)13(2)5-8-16-9-6-13/h3-9,14H2,1-2H3. The van der Waals surface area contributed by atoms with E-state index in [9.17, 15) is 0 Å². The molecular weight excluding hydrogens is 216 g/mol. The van der Waals surface area contributed by atoms with Gasteiger partial charge in [0.1, 0.15) is 5.76 Å². The fourth-order valence-corrected chi connectivity index (χ4v) is 2.22. The maximum atomic E-state index is 5.94. The molecule has 0 bridgehead atoms. The van der Waals surface area contributed by atoms with Crippen molar-refractivity contribution < 1.29 is 9.15 Å². The lowest BCUT2D eigenvalue weighted by Crippen LogP contribution is -2.30. The second-order valence-electron chi connectivity index (χ2n) is 5.09. The third-order valence-electron chi connectivity index (χ3n) is 3.61. The van der Waals surface area contributed by atoms with Gasteiger partial charge in [0.25, 0.3) is 0 Å². The van der Waals surface area contributed by atoms with Gasteiger partial charge in [0.05, 0.1) is 5.69 Å². The Morgan fingerprint density at radius 1 is 1.35 bits per heavy atom. The molecule has 1 aromatic heterocycles. The Bertz CT molecular complexity index is 367. The van der Waals surface area contributed by atoms with Crippen molar-refractivity contribution in [1.29, 1.82) is 0 Å². The smallest absolute Gasteiger partial charge is 0.200 e. The topological polar surface area (TPSA) is 61.3 Å². The van der Waals surface area contributed by atoms with Crippen LogP contribution < -0.4 is 5.73 Å². The fraction of sp³-hybridized carbons (Fsp3) is 0.769. The maximum Gasteiger partial charge on any atom is 0.200 e. The van der Waals surface area contributed by atoms with Gasteiger partial charge in [0.2, 0.25) is 5.89 Å². The molecule has 4 heteroatoms. The molecule has 2 rings (SSSR count). The lowest BCUT2D eigenvalue weighted by molar-refractivity contribution is 0.0466. The number of rotatable bonds is 4. The lowest BCUT2D eigenvalue weighted by atomic mass is 9.82. The van der Waals surface area contributed by atoms with E-state index >= 15 is 0 Å². The molecule has 0 amide bonds. The Hall–Kier alpha value is -0.870. The molecule has 17 heavy (non-hydrogen) atoms. The van der Waals surface area contributed by atoms with Crippen LogP contribution in [0.25, 0.3) is 0 Å². The highest BCUT2D eigenvalue weighted by molar-refractivity contribution is 5.14. The highest BCUT2D eigenvalue weighted by Crippen LogP contribution is 2.34. The Kier molecular flexibility index (Phi) is 3.84. The predicted octanol–water partition coefficient (Wildman–Crippen LogP) is 1.94. The quantitative estimate of drug-likeness (QED) is 0.870. The van der Waals surface area contributed by atoms with Crippen molar-refractivity contribution in [3.8, 4) is 0 Å². The summed E-state index contributed by atoms with van der Waals surface area (Å²) in [5.41, 5.74) is 6.58. The lowest BCUT2D eigenvalue weighted by Gasteiger charge is -2.30. The van der Waals surface area contributed by atoms with Crippen molar-refractivity contribution in [3.63, 3.8) is 0 Å². The van der Waals surface area contributed by atoms with Crippen LogP contribution in [0.5, 0.6) is 0 Å². The molecule has 2 heterocycles. The van der Waals surface area contributed by atoms with Crippen LogP contribution in [0.1, 0.15) is 43.5 Å². The summed E-state index contributed by atoms with van der Waals surface area (Å²) >= 11 is 0. The largest absolute Gasteiger partial charge is 0.445 e. The molecule has 0 atom stereocenters. The van der Waals surface area contributed by atoms with Crippen LogP contribution in [0.4, 0.5) is 0 Å². The Balaban J connectivity index is 2.15. The van der Waals surface area contributed by atoms with E-state index in [0.717, 1.165) is 56.2 Å². The van der Waals surface area contributed by atoms with Gasteiger partial charge < -0.3 is 14.9 Å². The molecule has 1 fully saturated rings. The van der Waals surface area contributed by atoms with Crippen LogP contribution in [0.15, 0.2) is 4.42 Å². The zero-order valence-corrected chi connectivity index (χ0v) is 10.8. The van der Waals surface area contributed by atoms with Gasteiger partial charge in [-0.05, 0) is 32.7 Å². The van der Waals surface area contributed by atoms with Gasteiger partial charge in [-0.2, -0.15) is 0 Å². The van der Waals surface area contributed by atoms with Gasteiger partial charge in [-0.3, -0.25) is 0 Å². The second-order valence-corrected chi connectivity index (χ2v) is 5.09. The van der Waals surface area contributed by atoms with E-state index < -0.39 is 0 Å². The summed E-state index contributed by atoms with van der Waals surface area (Å²) in [5, 5.41) is 0. The van der Waals surface area contributed by atoms with Crippen LogP contribution in [0.3, 0.4) is 0 Å². The SMILES string of the molecule is Cc1nc(C2(C)CCOCC2)oc1CCCN. The summed E-state index contributed by atoms with van der Waals surface area (Å²) in [5.74, 6) is 1.88. The van der Waals surface area contributed by atoms with Crippen molar-refractivity contribution in [2.24, 2.45) is 5.73 Å². The first-order valence-corrected chi connectivity index (χ1v) is 6.40. The number of hydrogen-bond donors (Lipinski definition) is 1. The molecule has 0 saturated carbocycles. The van der Waals surface area contributed by atoms with Crippen molar-refractivity contribution in [2.45, 2.75) is 44.9 Å². The van der Waals surface area contributed by atoms with Crippen molar-refractivity contribution in [3.05, 3.63) is 17.3 Å². The Morgan fingerprint density at radius 3 is 2.71 bits per heavy atom. The van der Waals surface area contributed by atoms with E-state index in [4.69, 9.17) is 14.9 Å². The summed E-state index contributed by atoms with van der Waals surface area (Å²) in [7, 11) is 0. The van der Waals surface area contributed by atoms with Crippen LogP contribution in [0, 0.1) is 6.92 Å². The number of ether oxygens (including phenoxy) is 1. The van der Waals surface area contributed by atoms with Crippen LogP contribution in [-0.4, -0.2) is 24.7 Å². The highest BCUT2D eigenvalue weighted by atomic mass is 16.5. The zero-order chi connectivity index (χ0) is 12.3. The molecule has 0 radical (unpaired) electrons. The molecule has 1 saturated heterocycles. The minimum Gasteiger partial charge on any atom is -0.445 e. The fourth-order valence-electron chi connectivity index (χ4n) is 2.22. The average Bonchev–Trinajstić information content (AvgIpc) is 2.70. The maximum absolute atomic E-state index is 5.94. The van der Waals surface area contributed by atoms with Crippen molar-refractivity contribution >= 4 is 0 Å². The van der Waals surface area contributed by atoms with Gasteiger partial charge in [-0.15, -0.1) is 0 Å². The van der Waals surface area contributed by atoms with Gasteiger partial charge in [-0.25, -0.2) is 4.98 Å². The van der Waals surface area contributed by atoms with Crippen LogP contribution in [-0.2, 0) is 16.6 Å². The summed E-state index contributed by atoms with van der Waals surface area (Å²) in [6.45, 7) is 6.53. The Morgan fingerprint density at radius 2 is 2.06 bits per heavy atom. The van der Waals surface area contributed by atoms with Crippen molar-refractivity contribution in [1.82, 2.24) is 4.98 Å². The van der Waals surface area contributed by atoms with Crippen LogP contribution >= 0.6 is 0 Å². The predicted molar refractivity (Wildman–Crippen MR) is 66.0 cm³/mol. The average molecular weight is 238 g/mol. The number of aryl methyl sites for hydroxylation is 2. The van der Waals surface area contributed by atoms with Crippen molar-refractivity contribution in [2.75, 3.05) is 19.8 Å². The molecule has 0 aromatic carbocycles. The van der Waals surface area contributed by atoms with Gasteiger partial charge in [0.15, 0.2) is 0 Å². The first kappa shape index (κ1) is 12.6. The molecule has 1 aliphatic rings. The monoisotopic (exact) mass is 238 g/mol. The number of hydrogen-bond acceptors (Lipinski definition) is 4. The third-order valence-corrected chi connectivity index (χ3v) is 3.61. The molecule has 1 aliphatic heterocycles. The summed E-state index contributed by atoms with van der Waals surface area (Å²) in [4.78, 5) is 4.60. The van der Waals surface area contributed by atoms with E-state index in [-0.39, 0.29) is 5.41 Å². The zero-order valence-electron chi connectivity index (χ0n) is 10.8. The number of oxazole rings is 1. The van der Waals surface area contributed by atoms with Crippen LogP contribution in [0.2, 0.25) is 0 Å². The molecule has 1 aromatic rings. The first-order chi connectivity index (χ1) is 8.15. The summed E-state index contributed by atoms with van der Waals surface area (Å²) in [6.07, 6.45) is 3.82. The van der Waals surface area contributed by atoms with E-state index in [1.54, 1.807) is 0 Å². The van der Waals surface area contributed by atoms with E-state index in [2.05, 4.69) is 11.9 Å². The number of aromatic nitrogens is 1. The van der Waals surface area contributed by atoms with Gasteiger partial charge >= 0.3 is 0 Å². The molecule has 4 nitrogen and oxygen atoms in total. The minimum atomic E-state index is 0.0456. The molecule has 0 spiro atoms. The highest BCUT2D eigenvalue weighted by Gasteiger charge is 2.34. The molecule has 0 aliphatic carbocycles. The summed E-state index contributed by atoms with van der Waals surface area (Å²) < 4.78 is 11.3. The van der Waals surface area contributed by atoms with E-state index in [1.165, 1.54) is 0 Å². The Labute approximate surface area is 103 Å². The van der Waals surface area contributed by atoms with E-state index in [0.29, 0.717) is 6.54 Å². The molecular formula is C13H22N2O2. The number of nitrogens with two attached hydrogens (primary N) is 1. The van der Waals surface area contributed by atoms with Gasteiger partial charge in [-0.1, -0.05) is 6.92 Å². The first-order valence-electron chi connectivity index (χ1n) is 6.40. The molecule has 0 unspecified atom stereocenters. The molecule has 96 valence electrons. The molecule has 2 N–H and O–H groups in total. The van der Waals surface area contributed by atoms with E-state index in [1.807, 2.05) is 6.92 Å². The van der Waals surface area contributed by atoms with Gasteiger partial charge in [0, 0.05) is 25.0 Å². The number of nitrogens with zero attached hydrogens (tertiary/aromatic N) is 1. The third kappa shape index (κ3) is 2.69. The minimum absolute atomic E-state index is 0.0456. The normalized spacial score (nSPS) is 19.5. The second kappa shape index (κ2) is 5.19. The summed E-state index contributed by atoms with van der Waals surface area (Å²) in [6, 6.07) is 0.